The third-order valence-corrected chi connectivity index (χ3v) is 7.94. The van der Waals surface area contributed by atoms with Crippen molar-refractivity contribution in [3.05, 3.63) is 58.9 Å². The van der Waals surface area contributed by atoms with Gasteiger partial charge in [0.25, 0.3) is 0 Å². The van der Waals surface area contributed by atoms with Gasteiger partial charge in [0.15, 0.2) is 5.65 Å². The summed E-state index contributed by atoms with van der Waals surface area (Å²) in [4.78, 5) is 25.0. The highest BCUT2D eigenvalue weighted by Gasteiger charge is 2.31. The summed E-state index contributed by atoms with van der Waals surface area (Å²) in [5.41, 5.74) is 7.82. The van der Waals surface area contributed by atoms with E-state index in [4.69, 9.17) is 19.4 Å². The van der Waals surface area contributed by atoms with Crippen LogP contribution in [-0.2, 0) is 30.5 Å². The molecule has 0 saturated carbocycles. The number of anilines is 1. The maximum atomic E-state index is 6.24. The van der Waals surface area contributed by atoms with E-state index in [1.807, 2.05) is 13.1 Å². The number of H-pyrrole nitrogens is 1. The van der Waals surface area contributed by atoms with Gasteiger partial charge in [0.05, 0.1) is 12.1 Å². The lowest BCUT2D eigenvalue weighted by molar-refractivity contribution is 0.192. The van der Waals surface area contributed by atoms with Gasteiger partial charge in [0, 0.05) is 55.3 Å². The number of ether oxygens (including phenoxy) is 2. The Balaban J connectivity index is 1.34. The number of pyridine rings is 1. The fourth-order valence-electron chi connectivity index (χ4n) is 5.81. The Bertz CT molecular complexity index is 1490. The molecule has 0 bridgehead atoms. The van der Waals surface area contributed by atoms with Gasteiger partial charge in [-0.3, -0.25) is 0 Å². The number of hydrogen-bond acceptors (Lipinski definition) is 7. The molecule has 3 aromatic heterocycles. The van der Waals surface area contributed by atoms with Crippen molar-refractivity contribution in [3.63, 3.8) is 0 Å². The first kappa shape index (κ1) is 25.7. The summed E-state index contributed by atoms with van der Waals surface area (Å²) in [5.74, 6) is 3.85. The predicted molar refractivity (Wildman–Crippen MR) is 153 cm³/mol. The van der Waals surface area contributed by atoms with Gasteiger partial charge in [-0.1, -0.05) is 19.9 Å². The van der Waals surface area contributed by atoms with Crippen LogP contribution in [0, 0.1) is 12.3 Å². The van der Waals surface area contributed by atoms with E-state index >= 15 is 0 Å². The number of nitrogens with one attached hydrogen (secondary N) is 1. The number of nitrogens with zero attached hydrogens (tertiary/aromatic N) is 5. The fourth-order valence-corrected chi connectivity index (χ4v) is 5.81. The highest BCUT2D eigenvalue weighted by atomic mass is 16.5. The molecule has 1 N–H and O–H groups in total. The molecule has 1 aromatic carbocycles. The molecule has 4 aromatic rings. The van der Waals surface area contributed by atoms with Gasteiger partial charge in [0.2, 0.25) is 0 Å². The van der Waals surface area contributed by atoms with Gasteiger partial charge in [-0.25, -0.2) is 19.9 Å². The molecule has 0 amide bonds. The zero-order valence-electron chi connectivity index (χ0n) is 23.5. The van der Waals surface area contributed by atoms with Gasteiger partial charge in [-0.05, 0) is 68.2 Å². The van der Waals surface area contributed by atoms with E-state index in [1.165, 1.54) is 11.3 Å². The van der Waals surface area contributed by atoms with Crippen LogP contribution in [-0.4, -0.2) is 51.8 Å². The number of aromatic nitrogens is 5. The third kappa shape index (κ3) is 5.48. The van der Waals surface area contributed by atoms with E-state index in [-0.39, 0.29) is 5.41 Å². The molecule has 204 valence electrons. The van der Waals surface area contributed by atoms with Crippen LogP contribution in [0.2, 0.25) is 0 Å². The van der Waals surface area contributed by atoms with Crippen LogP contribution in [0.3, 0.4) is 0 Å². The SMILES string of the molecule is COCCCCc1nc2c(c(N3CCOc4ccc(-c5cnc6nc(C)[nH]c6c5)cc4C3)n1)CC(C)(C)CC2. The smallest absolute Gasteiger partial charge is 0.177 e. The molecule has 4 heterocycles. The van der Waals surface area contributed by atoms with Crippen LogP contribution in [0.15, 0.2) is 30.5 Å². The predicted octanol–water partition coefficient (Wildman–Crippen LogP) is 5.61. The summed E-state index contributed by atoms with van der Waals surface area (Å²) in [5, 5.41) is 0. The Morgan fingerprint density at radius 3 is 2.87 bits per heavy atom. The van der Waals surface area contributed by atoms with E-state index < -0.39 is 0 Å². The van der Waals surface area contributed by atoms with Crippen LogP contribution in [0.1, 0.15) is 61.6 Å². The van der Waals surface area contributed by atoms with Crippen LogP contribution in [0.5, 0.6) is 5.75 Å². The normalized spacial score (nSPS) is 16.5. The zero-order chi connectivity index (χ0) is 27.0. The van der Waals surface area contributed by atoms with Crippen LogP contribution in [0.4, 0.5) is 5.82 Å². The first-order valence-corrected chi connectivity index (χ1v) is 14.1. The molecule has 1 aliphatic carbocycles. The molecule has 1 aliphatic heterocycles. The summed E-state index contributed by atoms with van der Waals surface area (Å²) in [6.07, 6.45) is 7.99. The first-order valence-electron chi connectivity index (χ1n) is 14.1. The summed E-state index contributed by atoms with van der Waals surface area (Å²) in [7, 11) is 1.76. The van der Waals surface area contributed by atoms with Crippen LogP contribution in [0.25, 0.3) is 22.3 Å². The number of fused-ring (bicyclic) bond motifs is 3. The van der Waals surface area contributed by atoms with E-state index in [0.29, 0.717) is 6.61 Å². The van der Waals surface area contributed by atoms with Gasteiger partial charge >= 0.3 is 0 Å². The van der Waals surface area contributed by atoms with Crippen LogP contribution < -0.4 is 9.64 Å². The molecule has 8 heteroatoms. The Morgan fingerprint density at radius 2 is 2.00 bits per heavy atom. The topological polar surface area (TPSA) is 89.0 Å². The second-order valence-corrected chi connectivity index (χ2v) is 11.7. The number of rotatable bonds is 7. The average Bonchev–Trinajstić information content (AvgIpc) is 3.16. The Kier molecular flexibility index (Phi) is 6.97. The summed E-state index contributed by atoms with van der Waals surface area (Å²) in [6, 6.07) is 8.57. The molecule has 8 nitrogen and oxygen atoms in total. The summed E-state index contributed by atoms with van der Waals surface area (Å²) in [6.45, 7) is 9.60. The first-order chi connectivity index (χ1) is 18.9. The highest BCUT2D eigenvalue weighted by Crippen LogP contribution is 2.39. The summed E-state index contributed by atoms with van der Waals surface area (Å²) >= 11 is 0. The van der Waals surface area contributed by atoms with Crippen molar-refractivity contribution >= 4 is 17.0 Å². The van der Waals surface area contributed by atoms with Crippen LogP contribution >= 0.6 is 0 Å². The second kappa shape index (κ2) is 10.6. The Hall–Kier alpha value is -3.52. The number of benzene rings is 1. The number of aromatic amines is 1. The monoisotopic (exact) mass is 526 g/mol. The van der Waals surface area contributed by atoms with Gasteiger partial charge in [-0.15, -0.1) is 0 Å². The minimum Gasteiger partial charge on any atom is -0.491 e. The molecular weight excluding hydrogens is 488 g/mol. The van der Waals surface area contributed by atoms with E-state index in [0.717, 1.165) is 109 Å². The van der Waals surface area contributed by atoms with Gasteiger partial charge in [0.1, 0.15) is 29.8 Å². The second-order valence-electron chi connectivity index (χ2n) is 11.7. The molecule has 0 radical (unpaired) electrons. The fraction of sp³-hybridized carbons (Fsp3) is 0.484. The molecule has 0 unspecified atom stereocenters. The molecule has 39 heavy (non-hydrogen) atoms. The molecule has 0 atom stereocenters. The highest BCUT2D eigenvalue weighted by molar-refractivity contribution is 5.78. The van der Waals surface area contributed by atoms with Gasteiger partial charge in [-0.2, -0.15) is 0 Å². The minimum atomic E-state index is 0.245. The van der Waals surface area contributed by atoms with Crippen molar-refractivity contribution in [3.8, 4) is 16.9 Å². The lowest BCUT2D eigenvalue weighted by Crippen LogP contribution is -2.32. The van der Waals surface area contributed by atoms with Crippen molar-refractivity contribution < 1.29 is 9.47 Å². The zero-order valence-corrected chi connectivity index (χ0v) is 23.5. The van der Waals surface area contributed by atoms with Crippen molar-refractivity contribution in [1.82, 2.24) is 24.9 Å². The maximum absolute atomic E-state index is 6.24. The Morgan fingerprint density at radius 1 is 1.10 bits per heavy atom. The van der Waals surface area contributed by atoms with Crippen molar-refractivity contribution in [2.45, 2.75) is 65.8 Å². The van der Waals surface area contributed by atoms with Crippen molar-refractivity contribution in [1.29, 1.82) is 0 Å². The number of methoxy groups -OCH3 is 1. The Labute approximate surface area is 230 Å². The van der Waals surface area contributed by atoms with E-state index in [9.17, 15) is 0 Å². The maximum Gasteiger partial charge on any atom is 0.177 e. The molecule has 6 rings (SSSR count). The van der Waals surface area contributed by atoms with Gasteiger partial charge < -0.3 is 19.4 Å². The molecular formula is C31H38N6O2. The molecule has 0 spiro atoms. The lowest BCUT2D eigenvalue weighted by atomic mass is 9.76. The van der Waals surface area contributed by atoms with Crippen molar-refractivity contribution in [2.24, 2.45) is 5.41 Å². The molecule has 0 fully saturated rings. The lowest BCUT2D eigenvalue weighted by Gasteiger charge is -2.34. The largest absolute Gasteiger partial charge is 0.491 e. The quantitative estimate of drug-likeness (QED) is 0.313. The van der Waals surface area contributed by atoms with E-state index in [1.54, 1.807) is 7.11 Å². The number of hydrogen-bond donors (Lipinski definition) is 1. The molecule has 2 aliphatic rings. The van der Waals surface area contributed by atoms with Crippen molar-refractivity contribution in [2.75, 3.05) is 31.8 Å². The average molecular weight is 527 g/mol. The standard InChI is InChI=1S/C31H38N6O2/c1-20-33-26-16-22(18-32-29(26)34-20)21-8-9-27-23(15-21)19-37(12-14-39-27)30-24-17-31(2,3)11-10-25(24)35-28(36-30)7-5-6-13-38-4/h8-9,15-16,18H,5-7,10-14,17,19H2,1-4H3,(H,32,33,34). The number of imidazole rings is 1. The third-order valence-electron chi connectivity index (χ3n) is 7.94. The number of aryl methyl sites for hydroxylation is 3. The molecule has 0 saturated heterocycles. The van der Waals surface area contributed by atoms with E-state index in [2.05, 4.69) is 58.0 Å². The number of unbranched alkanes of at least 4 members (excludes halogenated alkanes) is 1. The summed E-state index contributed by atoms with van der Waals surface area (Å²) < 4.78 is 11.5. The minimum absolute atomic E-state index is 0.245.